The number of nitrogens with zero attached hydrogens (tertiary/aromatic N) is 1. The molecule has 0 unspecified atom stereocenters. The van der Waals surface area contributed by atoms with Gasteiger partial charge in [0.1, 0.15) is 6.04 Å². The zero-order chi connectivity index (χ0) is 22.4. The van der Waals surface area contributed by atoms with E-state index >= 15 is 0 Å². The monoisotopic (exact) mass is 510 g/mol. The molecule has 1 heterocycles. The fraction of sp³-hybridized carbons (Fsp3) is 0.545. The molecule has 4 rings (SSSR count). The lowest BCUT2D eigenvalue weighted by molar-refractivity contribution is -0.162. The van der Waals surface area contributed by atoms with E-state index in [4.69, 9.17) is 16.3 Å². The van der Waals surface area contributed by atoms with Crippen LogP contribution in [0.25, 0.3) is 0 Å². The van der Waals surface area contributed by atoms with Gasteiger partial charge in [-0.25, -0.2) is 4.79 Å². The number of hydrogen-bond acceptors (Lipinski definition) is 5. The first-order valence-corrected chi connectivity index (χ1v) is 11.6. The maximum atomic E-state index is 13.1. The fourth-order valence-corrected chi connectivity index (χ4v) is 5.80. The Labute approximate surface area is 193 Å². The van der Waals surface area contributed by atoms with Gasteiger partial charge in [-0.05, 0) is 71.1 Å². The van der Waals surface area contributed by atoms with Gasteiger partial charge in [0.05, 0.1) is 16.9 Å². The van der Waals surface area contributed by atoms with E-state index < -0.39 is 24.5 Å². The molecule has 1 aromatic rings. The van der Waals surface area contributed by atoms with Crippen LogP contribution in [0, 0.1) is 29.6 Å². The molecule has 0 radical (unpaired) electrons. The summed E-state index contributed by atoms with van der Waals surface area (Å²) >= 11 is 9.29. The minimum Gasteiger partial charge on any atom is -0.454 e. The molecular formula is C22H24BrClN2O5. The largest absolute Gasteiger partial charge is 0.454 e. The van der Waals surface area contributed by atoms with Gasteiger partial charge in [-0.2, -0.15) is 0 Å². The standard InChI is InChI=1S/C22H24BrClN2O5/c1-10(2)19(26-20(28)17-11-3-4-12(7-11)18(17)21(26)29)22(30)31-9-16(27)25-13-5-6-14(23)15(24)8-13/h5-6,8,10-12,17-19H,3-4,7,9H2,1-2H3,(H,25,27)/t11-,12-,17-,18-,19+/m0/s1. The van der Waals surface area contributed by atoms with E-state index in [1.165, 1.54) is 0 Å². The molecule has 7 nitrogen and oxygen atoms in total. The van der Waals surface area contributed by atoms with Crippen LogP contribution in [0.15, 0.2) is 22.7 Å². The van der Waals surface area contributed by atoms with E-state index in [0.717, 1.165) is 24.2 Å². The van der Waals surface area contributed by atoms with E-state index in [1.54, 1.807) is 32.0 Å². The van der Waals surface area contributed by atoms with Crippen LogP contribution in [0.4, 0.5) is 5.69 Å². The molecule has 1 saturated heterocycles. The Balaban J connectivity index is 1.41. The zero-order valence-corrected chi connectivity index (χ0v) is 19.6. The van der Waals surface area contributed by atoms with E-state index in [1.807, 2.05) is 0 Å². The van der Waals surface area contributed by atoms with Gasteiger partial charge >= 0.3 is 5.97 Å². The first kappa shape index (κ1) is 22.3. The van der Waals surface area contributed by atoms with Crippen LogP contribution in [0.3, 0.4) is 0 Å². The number of benzene rings is 1. The van der Waals surface area contributed by atoms with E-state index in [-0.39, 0.29) is 41.4 Å². The number of halogens is 2. The number of anilines is 1. The second kappa shape index (κ2) is 8.54. The Morgan fingerprint density at radius 2 is 1.81 bits per heavy atom. The molecule has 1 aromatic carbocycles. The summed E-state index contributed by atoms with van der Waals surface area (Å²) in [4.78, 5) is 52.3. The van der Waals surface area contributed by atoms with Crippen molar-refractivity contribution in [2.75, 3.05) is 11.9 Å². The normalized spacial score (nSPS) is 27.6. The third-order valence-electron chi connectivity index (χ3n) is 6.66. The summed E-state index contributed by atoms with van der Waals surface area (Å²) in [6.07, 6.45) is 2.86. The van der Waals surface area contributed by atoms with Crippen LogP contribution >= 0.6 is 27.5 Å². The van der Waals surface area contributed by atoms with Gasteiger partial charge in [0.25, 0.3) is 5.91 Å². The summed E-state index contributed by atoms with van der Waals surface area (Å²) < 4.78 is 5.91. The van der Waals surface area contributed by atoms with Crippen molar-refractivity contribution < 1.29 is 23.9 Å². The molecule has 2 aliphatic carbocycles. The lowest BCUT2D eigenvalue weighted by atomic mass is 9.81. The highest BCUT2D eigenvalue weighted by Crippen LogP contribution is 2.56. The number of esters is 1. The number of amides is 3. The third kappa shape index (κ3) is 4.00. The summed E-state index contributed by atoms with van der Waals surface area (Å²) in [5.74, 6) is -2.25. The maximum Gasteiger partial charge on any atom is 0.330 e. The van der Waals surface area contributed by atoms with Crippen LogP contribution in [0.5, 0.6) is 0 Å². The zero-order valence-electron chi connectivity index (χ0n) is 17.3. The van der Waals surface area contributed by atoms with Crippen LogP contribution in [0.1, 0.15) is 33.1 Å². The number of hydrogen-bond donors (Lipinski definition) is 1. The number of carbonyl (C=O) groups is 4. The van der Waals surface area contributed by atoms with Crippen molar-refractivity contribution >= 4 is 56.9 Å². The number of likely N-dealkylation sites (tertiary alicyclic amines) is 1. The minimum absolute atomic E-state index is 0.240. The predicted octanol–water partition coefficient (Wildman–Crippen LogP) is 3.64. The first-order chi connectivity index (χ1) is 14.7. The van der Waals surface area contributed by atoms with Crippen LogP contribution < -0.4 is 5.32 Å². The van der Waals surface area contributed by atoms with Gasteiger partial charge in [-0.1, -0.05) is 25.4 Å². The molecule has 1 aliphatic heterocycles. The molecule has 166 valence electrons. The smallest absolute Gasteiger partial charge is 0.330 e. The topological polar surface area (TPSA) is 92.8 Å². The molecule has 1 N–H and O–H groups in total. The van der Waals surface area contributed by atoms with E-state index in [2.05, 4.69) is 21.2 Å². The lowest BCUT2D eigenvalue weighted by Crippen LogP contribution is -2.50. The van der Waals surface area contributed by atoms with Crippen molar-refractivity contribution in [1.29, 1.82) is 0 Å². The summed E-state index contributed by atoms with van der Waals surface area (Å²) in [6.45, 7) is 3.00. The Bertz CT molecular complexity index is 924. The molecule has 3 fully saturated rings. The molecule has 5 atom stereocenters. The number of ether oxygens (including phenoxy) is 1. The van der Waals surface area contributed by atoms with Crippen molar-refractivity contribution in [3.63, 3.8) is 0 Å². The molecule has 2 saturated carbocycles. The van der Waals surface area contributed by atoms with Crippen molar-refractivity contribution in [1.82, 2.24) is 4.90 Å². The molecule has 3 amide bonds. The number of nitrogens with one attached hydrogen (secondary N) is 1. The summed E-state index contributed by atoms with van der Waals surface area (Å²) in [6, 6.07) is 3.88. The molecular weight excluding hydrogens is 488 g/mol. The quantitative estimate of drug-likeness (QED) is 0.465. The number of carbonyl (C=O) groups excluding carboxylic acids is 4. The van der Waals surface area contributed by atoms with Crippen molar-refractivity contribution in [2.24, 2.45) is 29.6 Å². The minimum atomic E-state index is -1.03. The second-order valence-electron chi connectivity index (χ2n) is 8.90. The van der Waals surface area contributed by atoms with Gasteiger partial charge < -0.3 is 10.1 Å². The molecule has 0 aromatic heterocycles. The SMILES string of the molecule is CC(C)[C@H](C(=O)OCC(=O)Nc1ccc(Br)c(Cl)c1)N1C(=O)[C@H]2[C@H]3CC[C@@H](C3)[C@@H]2C1=O. The van der Waals surface area contributed by atoms with Gasteiger partial charge in [0.15, 0.2) is 6.61 Å². The lowest BCUT2D eigenvalue weighted by Gasteiger charge is -2.28. The fourth-order valence-electron chi connectivity index (χ4n) is 5.37. The maximum absolute atomic E-state index is 13.1. The summed E-state index contributed by atoms with van der Waals surface area (Å²) in [7, 11) is 0. The molecule has 31 heavy (non-hydrogen) atoms. The average molecular weight is 512 g/mol. The Hall–Kier alpha value is -1.93. The highest BCUT2D eigenvalue weighted by molar-refractivity contribution is 9.10. The summed E-state index contributed by atoms with van der Waals surface area (Å²) in [5, 5.41) is 3.03. The second-order valence-corrected chi connectivity index (χ2v) is 10.2. The van der Waals surface area contributed by atoms with Crippen molar-refractivity contribution in [3.8, 4) is 0 Å². The number of imide groups is 1. The van der Waals surface area contributed by atoms with Gasteiger partial charge in [0.2, 0.25) is 11.8 Å². The molecule has 9 heteroatoms. The van der Waals surface area contributed by atoms with Gasteiger partial charge in [-0.15, -0.1) is 0 Å². The van der Waals surface area contributed by atoms with E-state index in [9.17, 15) is 19.2 Å². The van der Waals surface area contributed by atoms with Crippen LogP contribution in [0.2, 0.25) is 5.02 Å². The molecule has 3 aliphatic rings. The van der Waals surface area contributed by atoms with Crippen LogP contribution in [-0.4, -0.2) is 41.2 Å². The average Bonchev–Trinajstić information content (AvgIpc) is 3.39. The van der Waals surface area contributed by atoms with Crippen LogP contribution in [-0.2, 0) is 23.9 Å². The molecule has 0 spiro atoms. The molecule has 2 bridgehead atoms. The third-order valence-corrected chi connectivity index (χ3v) is 7.89. The van der Waals surface area contributed by atoms with Gasteiger partial charge in [-0.3, -0.25) is 19.3 Å². The Morgan fingerprint density at radius 1 is 1.19 bits per heavy atom. The number of rotatable bonds is 6. The summed E-state index contributed by atoms with van der Waals surface area (Å²) in [5.41, 5.74) is 0.461. The Morgan fingerprint density at radius 3 is 2.35 bits per heavy atom. The number of fused-ring (bicyclic) bond motifs is 5. The van der Waals surface area contributed by atoms with Gasteiger partial charge in [0, 0.05) is 10.2 Å². The Kier molecular flexibility index (Phi) is 6.14. The van der Waals surface area contributed by atoms with E-state index in [0.29, 0.717) is 15.2 Å². The highest BCUT2D eigenvalue weighted by Gasteiger charge is 2.62. The predicted molar refractivity (Wildman–Crippen MR) is 117 cm³/mol. The first-order valence-electron chi connectivity index (χ1n) is 10.5. The highest BCUT2D eigenvalue weighted by atomic mass is 79.9. The van der Waals surface area contributed by atoms with Crippen molar-refractivity contribution in [3.05, 3.63) is 27.7 Å². The van der Waals surface area contributed by atoms with Crippen molar-refractivity contribution in [2.45, 2.75) is 39.2 Å².